The molecule has 114 valence electrons. The zero-order valence-electron chi connectivity index (χ0n) is 11.8. The van der Waals surface area contributed by atoms with E-state index >= 15 is 0 Å². The summed E-state index contributed by atoms with van der Waals surface area (Å²) >= 11 is 6.01. The molecule has 0 spiro atoms. The Balaban J connectivity index is 2.12. The van der Waals surface area contributed by atoms with Gasteiger partial charge in [0.15, 0.2) is 5.78 Å². The number of carbonyl (C=O) groups excluding carboxylic acids is 1. The Morgan fingerprint density at radius 2 is 1.73 bits per heavy atom. The minimum absolute atomic E-state index is 0.189. The number of halogens is 1. The second kappa shape index (κ2) is 6.77. The fourth-order valence-corrected chi connectivity index (χ4v) is 2.55. The SMILES string of the molecule is CS(=O)(=O)Nc1ccc(C(=O)/C=C/c2ccccc2Cl)cc1. The Kier molecular flexibility index (Phi) is 5.00. The summed E-state index contributed by atoms with van der Waals surface area (Å²) in [7, 11) is -3.32. The lowest BCUT2D eigenvalue weighted by Crippen LogP contribution is -2.09. The topological polar surface area (TPSA) is 63.2 Å². The predicted octanol–water partition coefficient (Wildman–Crippen LogP) is 3.61. The van der Waals surface area contributed by atoms with Gasteiger partial charge in [-0.05, 0) is 48.0 Å². The number of hydrogen-bond acceptors (Lipinski definition) is 3. The van der Waals surface area contributed by atoms with E-state index in [1.807, 2.05) is 18.2 Å². The van der Waals surface area contributed by atoms with Crippen LogP contribution in [0.1, 0.15) is 15.9 Å². The normalized spacial score (nSPS) is 11.5. The van der Waals surface area contributed by atoms with Gasteiger partial charge in [0.2, 0.25) is 10.0 Å². The molecule has 2 aromatic rings. The first kappa shape index (κ1) is 16.3. The van der Waals surface area contributed by atoms with Gasteiger partial charge in [-0.3, -0.25) is 9.52 Å². The van der Waals surface area contributed by atoms with Gasteiger partial charge in [-0.1, -0.05) is 29.8 Å². The Morgan fingerprint density at radius 1 is 1.09 bits per heavy atom. The molecule has 0 amide bonds. The Labute approximate surface area is 134 Å². The van der Waals surface area contributed by atoms with E-state index in [9.17, 15) is 13.2 Å². The van der Waals surface area contributed by atoms with E-state index in [2.05, 4.69) is 4.72 Å². The molecule has 0 aliphatic carbocycles. The highest BCUT2D eigenvalue weighted by Crippen LogP contribution is 2.17. The van der Waals surface area contributed by atoms with Crippen LogP contribution in [-0.2, 0) is 10.0 Å². The van der Waals surface area contributed by atoms with Crippen LogP contribution in [0.25, 0.3) is 6.08 Å². The van der Waals surface area contributed by atoms with Crippen molar-refractivity contribution < 1.29 is 13.2 Å². The van der Waals surface area contributed by atoms with E-state index < -0.39 is 10.0 Å². The first-order valence-corrected chi connectivity index (χ1v) is 8.67. The average Bonchev–Trinajstić information content (AvgIpc) is 2.45. The van der Waals surface area contributed by atoms with Crippen molar-refractivity contribution in [1.29, 1.82) is 0 Å². The minimum Gasteiger partial charge on any atom is -0.289 e. The molecule has 22 heavy (non-hydrogen) atoms. The van der Waals surface area contributed by atoms with E-state index in [-0.39, 0.29) is 5.78 Å². The highest BCUT2D eigenvalue weighted by Gasteiger charge is 2.05. The van der Waals surface area contributed by atoms with Crippen LogP contribution >= 0.6 is 11.6 Å². The van der Waals surface area contributed by atoms with Gasteiger partial charge in [0.05, 0.1) is 6.26 Å². The number of anilines is 1. The van der Waals surface area contributed by atoms with Crippen molar-refractivity contribution in [3.05, 3.63) is 70.8 Å². The number of nitrogens with one attached hydrogen (secondary N) is 1. The lowest BCUT2D eigenvalue weighted by molar-refractivity contribution is 0.104. The van der Waals surface area contributed by atoms with Crippen LogP contribution < -0.4 is 4.72 Å². The molecular formula is C16H14ClNO3S. The van der Waals surface area contributed by atoms with Crippen molar-refractivity contribution in [1.82, 2.24) is 0 Å². The van der Waals surface area contributed by atoms with Gasteiger partial charge >= 0.3 is 0 Å². The van der Waals surface area contributed by atoms with E-state index in [0.717, 1.165) is 11.8 Å². The van der Waals surface area contributed by atoms with Crippen LogP contribution in [0.3, 0.4) is 0 Å². The molecule has 0 heterocycles. The van der Waals surface area contributed by atoms with Crippen LogP contribution in [-0.4, -0.2) is 20.5 Å². The number of hydrogen-bond donors (Lipinski definition) is 1. The van der Waals surface area contributed by atoms with Crippen molar-refractivity contribution in [3.63, 3.8) is 0 Å². The molecule has 0 saturated carbocycles. The predicted molar refractivity (Wildman–Crippen MR) is 89.7 cm³/mol. The van der Waals surface area contributed by atoms with Crippen molar-refractivity contribution in [2.24, 2.45) is 0 Å². The number of rotatable bonds is 5. The van der Waals surface area contributed by atoms with Gasteiger partial charge < -0.3 is 0 Å². The molecule has 0 bridgehead atoms. The second-order valence-electron chi connectivity index (χ2n) is 4.67. The third-order valence-corrected chi connectivity index (χ3v) is 3.74. The summed E-state index contributed by atoms with van der Waals surface area (Å²) in [5.74, 6) is -0.189. The Morgan fingerprint density at radius 3 is 2.32 bits per heavy atom. The molecule has 0 atom stereocenters. The molecule has 2 aromatic carbocycles. The van der Waals surface area contributed by atoms with Crippen LogP contribution in [0.5, 0.6) is 0 Å². The molecule has 0 aliphatic rings. The highest BCUT2D eigenvalue weighted by atomic mass is 35.5. The quantitative estimate of drug-likeness (QED) is 0.670. The molecule has 0 aromatic heterocycles. The van der Waals surface area contributed by atoms with Gasteiger partial charge in [-0.25, -0.2) is 8.42 Å². The number of allylic oxidation sites excluding steroid dienone is 1. The first-order chi connectivity index (χ1) is 10.3. The Bertz CT molecular complexity index is 812. The van der Waals surface area contributed by atoms with Crippen molar-refractivity contribution >= 4 is 39.2 Å². The largest absolute Gasteiger partial charge is 0.289 e. The molecule has 0 unspecified atom stereocenters. The summed E-state index contributed by atoms with van der Waals surface area (Å²) in [6.07, 6.45) is 4.14. The maximum atomic E-state index is 12.1. The molecule has 4 nitrogen and oxygen atoms in total. The van der Waals surface area contributed by atoms with E-state index in [4.69, 9.17) is 11.6 Å². The molecule has 0 radical (unpaired) electrons. The van der Waals surface area contributed by atoms with Gasteiger partial charge in [0.25, 0.3) is 0 Å². The van der Waals surface area contributed by atoms with Crippen molar-refractivity contribution in [2.75, 3.05) is 11.0 Å². The third-order valence-electron chi connectivity index (χ3n) is 2.79. The monoisotopic (exact) mass is 335 g/mol. The van der Waals surface area contributed by atoms with Crippen LogP contribution in [0.15, 0.2) is 54.6 Å². The fourth-order valence-electron chi connectivity index (χ4n) is 1.79. The molecular weight excluding hydrogens is 322 g/mol. The number of sulfonamides is 1. The number of ketones is 1. The van der Waals surface area contributed by atoms with Gasteiger partial charge in [0.1, 0.15) is 0 Å². The summed E-state index contributed by atoms with van der Waals surface area (Å²) < 4.78 is 24.6. The summed E-state index contributed by atoms with van der Waals surface area (Å²) in [5, 5.41) is 0.569. The molecule has 6 heteroatoms. The van der Waals surface area contributed by atoms with Crippen LogP contribution in [0, 0.1) is 0 Å². The lowest BCUT2D eigenvalue weighted by atomic mass is 10.1. The summed E-state index contributed by atoms with van der Waals surface area (Å²) in [6.45, 7) is 0. The number of carbonyl (C=O) groups is 1. The lowest BCUT2D eigenvalue weighted by Gasteiger charge is -2.04. The minimum atomic E-state index is -3.32. The molecule has 0 aliphatic heterocycles. The third kappa shape index (κ3) is 4.72. The van der Waals surface area contributed by atoms with E-state index in [0.29, 0.717) is 16.3 Å². The van der Waals surface area contributed by atoms with Crippen LogP contribution in [0.2, 0.25) is 5.02 Å². The summed E-state index contributed by atoms with van der Waals surface area (Å²) in [6, 6.07) is 13.4. The zero-order valence-corrected chi connectivity index (χ0v) is 13.4. The summed E-state index contributed by atoms with van der Waals surface area (Å²) in [4.78, 5) is 12.1. The fraction of sp³-hybridized carbons (Fsp3) is 0.0625. The Hall–Kier alpha value is -2.11. The van der Waals surface area contributed by atoms with Crippen molar-refractivity contribution in [2.45, 2.75) is 0 Å². The smallest absolute Gasteiger partial charge is 0.229 e. The number of benzene rings is 2. The summed E-state index contributed by atoms with van der Waals surface area (Å²) in [5.41, 5.74) is 1.63. The molecule has 0 saturated heterocycles. The maximum absolute atomic E-state index is 12.1. The molecule has 1 N–H and O–H groups in total. The van der Waals surface area contributed by atoms with Crippen LogP contribution in [0.4, 0.5) is 5.69 Å². The zero-order chi connectivity index (χ0) is 16.2. The van der Waals surface area contributed by atoms with Gasteiger partial charge in [0, 0.05) is 16.3 Å². The first-order valence-electron chi connectivity index (χ1n) is 6.40. The molecule has 2 rings (SSSR count). The second-order valence-corrected chi connectivity index (χ2v) is 6.83. The highest BCUT2D eigenvalue weighted by molar-refractivity contribution is 7.92. The standard InChI is InChI=1S/C16H14ClNO3S/c1-22(20,21)18-14-9-6-13(7-10-14)16(19)11-8-12-4-2-3-5-15(12)17/h2-11,18H,1H3/b11-8+. The van der Waals surface area contributed by atoms with Crippen molar-refractivity contribution in [3.8, 4) is 0 Å². The van der Waals surface area contributed by atoms with E-state index in [1.54, 1.807) is 24.3 Å². The maximum Gasteiger partial charge on any atom is 0.229 e. The van der Waals surface area contributed by atoms with E-state index in [1.165, 1.54) is 18.2 Å². The van der Waals surface area contributed by atoms with Gasteiger partial charge in [-0.2, -0.15) is 0 Å². The van der Waals surface area contributed by atoms with Gasteiger partial charge in [-0.15, -0.1) is 0 Å². The average molecular weight is 336 g/mol. The molecule has 0 fully saturated rings.